The van der Waals surface area contributed by atoms with Gasteiger partial charge in [-0.2, -0.15) is 5.12 Å². The van der Waals surface area contributed by atoms with Crippen molar-refractivity contribution in [3.8, 4) is 0 Å². The monoisotopic (exact) mass is 669 g/mol. The fourth-order valence-electron chi connectivity index (χ4n) is 3.51. The van der Waals surface area contributed by atoms with Gasteiger partial charge in [-0.1, -0.05) is 191 Å². The average molecular weight is 669 g/mol. The highest BCUT2D eigenvalue weighted by atomic mass is 19.2. The second-order valence-electron chi connectivity index (χ2n) is 9.04. The zero-order valence-electron chi connectivity index (χ0n) is 32.5. The van der Waals surface area contributed by atoms with Crippen molar-refractivity contribution >= 4 is 28.7 Å². The minimum absolute atomic E-state index is 0.0343. The number of halogens is 1. The molecule has 0 atom stereocenters. The Morgan fingerprint density at radius 3 is 0.857 bits per heavy atom. The quantitative estimate of drug-likeness (QED) is 0.174. The number of carbonyl (C=O) groups excluding carboxylic acids is 1. The number of nitrogens with zero attached hydrogens (tertiary/aromatic N) is 2. The lowest BCUT2D eigenvalue weighted by Crippen LogP contribution is -2.25. The van der Waals surface area contributed by atoms with Crippen molar-refractivity contribution in [1.29, 1.82) is 0 Å². The molecule has 5 aromatic carbocycles. The summed E-state index contributed by atoms with van der Waals surface area (Å²) in [6.07, 6.45) is 2.50. The van der Waals surface area contributed by atoms with E-state index in [1.807, 2.05) is 183 Å². The molecule has 5 aromatic rings. The topological polar surface area (TPSA) is 23.6 Å². The van der Waals surface area contributed by atoms with Crippen LogP contribution in [0.25, 0.3) is 0 Å². The molecule has 0 N–H and O–H groups in total. The Labute approximate surface area is 300 Å². The largest absolute Gasteiger partial charge is 0.277 e. The van der Waals surface area contributed by atoms with Crippen molar-refractivity contribution in [2.24, 2.45) is 0 Å². The van der Waals surface area contributed by atoms with Crippen LogP contribution in [0, 0.1) is 0 Å². The van der Waals surface area contributed by atoms with Gasteiger partial charge < -0.3 is 0 Å². The van der Waals surface area contributed by atoms with E-state index < -0.39 is 0 Å². The van der Waals surface area contributed by atoms with Crippen molar-refractivity contribution in [2.45, 2.75) is 95.9 Å². The van der Waals surface area contributed by atoms with Crippen molar-refractivity contribution < 1.29 is 9.28 Å². The molecule has 4 heteroatoms. The number of rotatable bonds is 5. The molecule has 0 aromatic heterocycles. The number of hydrogen-bond donors (Lipinski definition) is 0. The van der Waals surface area contributed by atoms with Gasteiger partial charge in [-0.05, 0) is 60.7 Å². The Kier molecular flexibility index (Phi) is 35.9. The second-order valence-corrected chi connectivity index (χ2v) is 9.04. The molecular weight excluding hydrogens is 604 g/mol. The normalized spacial score (nSPS) is 8.35. The van der Waals surface area contributed by atoms with Crippen LogP contribution in [0.1, 0.15) is 106 Å². The van der Waals surface area contributed by atoms with E-state index in [4.69, 9.17) is 0 Å². The van der Waals surface area contributed by atoms with E-state index in [9.17, 15) is 9.28 Å². The second kappa shape index (κ2) is 36.1. The molecule has 268 valence electrons. The Hall–Kier alpha value is -4.70. The van der Waals surface area contributed by atoms with Gasteiger partial charge in [0, 0.05) is 16.9 Å². The molecule has 0 aliphatic heterocycles. The maximum atomic E-state index is 13.7. The third-order valence-electron chi connectivity index (χ3n) is 5.22. The number of carbonyl (C=O) groups is 1. The minimum Gasteiger partial charge on any atom is -0.277 e. The van der Waals surface area contributed by atoms with Crippen LogP contribution in [0.3, 0.4) is 0 Å². The lowest BCUT2D eigenvalue weighted by atomic mass is 10.1. The summed E-state index contributed by atoms with van der Waals surface area (Å²) in [7, 11) is 0. The van der Waals surface area contributed by atoms with Gasteiger partial charge in [0.15, 0.2) is 0 Å². The number of para-hydroxylation sites is 4. The van der Waals surface area contributed by atoms with Gasteiger partial charge in [-0.3, -0.25) is 9.69 Å². The zero-order valence-corrected chi connectivity index (χ0v) is 32.5. The molecule has 0 radical (unpaired) electrons. The van der Waals surface area contributed by atoms with Gasteiger partial charge in [0.2, 0.25) is 0 Å². The summed E-state index contributed by atoms with van der Waals surface area (Å²) in [5.41, 5.74) is 3.47. The first-order chi connectivity index (χ1) is 24.1. The maximum Gasteiger partial charge on any atom is 0.262 e. The summed E-state index contributed by atoms with van der Waals surface area (Å²) in [5.74, 6) is -0.0343. The fraction of sp³-hybridized carbons (Fsp3) is 0.311. The maximum absolute atomic E-state index is 13.7. The van der Waals surface area contributed by atoms with Crippen molar-refractivity contribution in [3.63, 3.8) is 0 Å². The van der Waals surface area contributed by atoms with Gasteiger partial charge >= 0.3 is 0 Å². The van der Waals surface area contributed by atoms with Gasteiger partial charge in [0.1, 0.15) is 0 Å². The number of amides is 1. The molecule has 0 bridgehead atoms. The average Bonchev–Trinajstić information content (AvgIpc) is 3.20. The zero-order chi connectivity index (χ0) is 37.7. The van der Waals surface area contributed by atoms with E-state index in [0.717, 1.165) is 11.4 Å². The minimum atomic E-state index is -0.0343. The highest BCUT2D eigenvalue weighted by Gasteiger charge is 2.19. The fourth-order valence-corrected chi connectivity index (χ4v) is 3.51. The van der Waals surface area contributed by atoms with Crippen LogP contribution >= 0.6 is 0 Å². The van der Waals surface area contributed by atoms with Crippen molar-refractivity contribution in [1.82, 2.24) is 0 Å². The summed E-state index contributed by atoms with van der Waals surface area (Å²) in [6, 6.07) is 46.6. The first-order valence-corrected chi connectivity index (χ1v) is 18.1. The number of hydrogen-bond acceptors (Lipinski definition) is 2. The molecule has 0 saturated carbocycles. The standard InChI is InChI=1S/C19H15NO.C12H10FN.2C3H8.4C2H6/c21-19(16-10-4-1-5-11-16)20(17-12-6-2-7-13-17)18-14-8-3-9-15-18;13-14(11-7-3-1-4-8-11)12-9-5-2-6-10-12;2*1-3-2;4*1-2/h1-15H;1-10H;2*3H2,1-2H3;4*1-2H3. The molecule has 0 fully saturated rings. The van der Waals surface area contributed by atoms with Gasteiger partial charge in [-0.15, -0.1) is 0 Å². The van der Waals surface area contributed by atoms with E-state index in [-0.39, 0.29) is 5.91 Å². The molecule has 0 aliphatic carbocycles. The molecule has 0 saturated heterocycles. The molecule has 5 rings (SSSR count). The highest BCUT2D eigenvalue weighted by molar-refractivity contribution is 6.10. The predicted molar refractivity (Wildman–Crippen MR) is 219 cm³/mol. The summed E-state index contributed by atoms with van der Waals surface area (Å²) in [4.78, 5) is 14.6. The Balaban J connectivity index is -0.000000654. The molecule has 0 spiro atoms. The van der Waals surface area contributed by atoms with Crippen LogP contribution in [0.5, 0.6) is 0 Å². The van der Waals surface area contributed by atoms with Crippen LogP contribution in [0.15, 0.2) is 152 Å². The van der Waals surface area contributed by atoms with Crippen LogP contribution in [-0.4, -0.2) is 5.91 Å². The van der Waals surface area contributed by atoms with Crippen molar-refractivity contribution in [2.75, 3.05) is 10.0 Å². The van der Waals surface area contributed by atoms with E-state index in [2.05, 4.69) is 27.7 Å². The molecule has 0 heterocycles. The molecule has 0 unspecified atom stereocenters. The van der Waals surface area contributed by atoms with E-state index in [1.165, 1.54) is 12.8 Å². The van der Waals surface area contributed by atoms with Crippen LogP contribution in [0.4, 0.5) is 27.2 Å². The summed E-state index contributed by atoms with van der Waals surface area (Å²) in [5, 5.41) is 0.667. The molecule has 0 aliphatic rings. The Morgan fingerprint density at radius 1 is 0.408 bits per heavy atom. The lowest BCUT2D eigenvalue weighted by molar-refractivity contribution is 0.0999. The molecule has 1 amide bonds. The van der Waals surface area contributed by atoms with Gasteiger partial charge in [-0.25, -0.2) is 0 Å². The number of anilines is 4. The number of benzene rings is 5. The van der Waals surface area contributed by atoms with Crippen LogP contribution < -0.4 is 10.0 Å². The smallest absolute Gasteiger partial charge is 0.262 e. The lowest BCUT2D eigenvalue weighted by Gasteiger charge is -2.23. The van der Waals surface area contributed by atoms with Gasteiger partial charge in [0.05, 0.1) is 11.4 Å². The first-order valence-electron chi connectivity index (χ1n) is 18.1. The van der Waals surface area contributed by atoms with E-state index >= 15 is 0 Å². The third kappa shape index (κ3) is 21.0. The summed E-state index contributed by atoms with van der Waals surface area (Å²) >= 11 is 0. The Bertz CT molecular complexity index is 1250. The summed E-state index contributed by atoms with van der Waals surface area (Å²) in [6.45, 7) is 24.5. The predicted octanol–water partition coefficient (Wildman–Crippen LogP) is 15.3. The van der Waals surface area contributed by atoms with Gasteiger partial charge in [0.25, 0.3) is 5.91 Å². The molecule has 49 heavy (non-hydrogen) atoms. The highest BCUT2D eigenvalue weighted by Crippen LogP contribution is 2.27. The molecule has 3 nitrogen and oxygen atoms in total. The van der Waals surface area contributed by atoms with E-state index in [1.54, 1.807) is 29.2 Å². The van der Waals surface area contributed by atoms with E-state index in [0.29, 0.717) is 22.1 Å². The first kappa shape index (κ1) is 48.7. The van der Waals surface area contributed by atoms with Crippen LogP contribution in [0.2, 0.25) is 0 Å². The molecular formula is C45H65FN2O. The third-order valence-corrected chi connectivity index (χ3v) is 5.22. The Morgan fingerprint density at radius 2 is 0.612 bits per heavy atom. The van der Waals surface area contributed by atoms with Crippen LogP contribution in [-0.2, 0) is 0 Å². The SMILES string of the molecule is CC.CC.CC.CC.CCC.CCC.FN(c1ccccc1)c1ccccc1.O=C(c1ccccc1)N(c1ccccc1)c1ccccc1. The van der Waals surface area contributed by atoms with Crippen molar-refractivity contribution in [3.05, 3.63) is 157 Å². The summed E-state index contributed by atoms with van der Waals surface area (Å²) < 4.78 is 13.7.